The lowest BCUT2D eigenvalue weighted by Gasteiger charge is -2.22. The van der Waals surface area contributed by atoms with Crippen molar-refractivity contribution >= 4 is 11.9 Å². The van der Waals surface area contributed by atoms with E-state index in [1.54, 1.807) is 13.8 Å². The quantitative estimate of drug-likeness (QED) is 0.235. The molecule has 1 atom stereocenters. The Hall–Kier alpha value is -1.86. The Morgan fingerprint density at radius 1 is 1.41 bits per heavy atom. The standard InChI is InChI=1S/C9H17N3O5/c1-6(2)8(9(14)15)12(4)10-11-17-5-16-7(3)13/h6,8H,5H2,1-4H3,(H,14,15)/b11-10-/t8-/m0/s1. The molecule has 0 aromatic carbocycles. The Morgan fingerprint density at radius 3 is 2.41 bits per heavy atom. The van der Waals surface area contributed by atoms with Gasteiger partial charge in [-0.05, 0) is 11.1 Å². The molecular weight excluding hydrogens is 230 g/mol. The topological polar surface area (TPSA) is 101 Å². The van der Waals surface area contributed by atoms with Gasteiger partial charge in [0.25, 0.3) is 6.79 Å². The van der Waals surface area contributed by atoms with E-state index >= 15 is 0 Å². The molecule has 0 rings (SSSR count). The van der Waals surface area contributed by atoms with Gasteiger partial charge in [-0.1, -0.05) is 13.8 Å². The summed E-state index contributed by atoms with van der Waals surface area (Å²) in [4.78, 5) is 25.8. The van der Waals surface area contributed by atoms with Crippen LogP contribution in [0.1, 0.15) is 20.8 Å². The molecule has 0 aliphatic rings. The highest BCUT2D eigenvalue weighted by atomic mass is 16.8. The first-order chi connectivity index (χ1) is 7.86. The van der Waals surface area contributed by atoms with Gasteiger partial charge in [-0.2, -0.15) is 0 Å². The number of carbonyl (C=O) groups is 2. The van der Waals surface area contributed by atoms with Crippen LogP contribution in [0.5, 0.6) is 0 Å². The summed E-state index contributed by atoms with van der Waals surface area (Å²) in [5.41, 5.74) is 0. The third-order valence-corrected chi connectivity index (χ3v) is 1.84. The predicted octanol–water partition coefficient (Wildman–Crippen LogP) is 0.847. The van der Waals surface area contributed by atoms with E-state index in [1.807, 2.05) is 0 Å². The van der Waals surface area contributed by atoms with E-state index in [2.05, 4.69) is 20.1 Å². The van der Waals surface area contributed by atoms with Crippen molar-refractivity contribution in [1.82, 2.24) is 5.01 Å². The van der Waals surface area contributed by atoms with E-state index in [0.29, 0.717) is 0 Å². The summed E-state index contributed by atoms with van der Waals surface area (Å²) in [7, 11) is 1.47. The van der Waals surface area contributed by atoms with Gasteiger partial charge in [0, 0.05) is 19.2 Å². The van der Waals surface area contributed by atoms with E-state index in [1.165, 1.54) is 19.0 Å². The number of likely N-dealkylation sites (N-methyl/N-ethyl adjacent to an activating group) is 1. The molecule has 0 aliphatic heterocycles. The van der Waals surface area contributed by atoms with Crippen LogP contribution in [0.3, 0.4) is 0 Å². The second-order valence-electron chi connectivity index (χ2n) is 3.65. The molecule has 0 spiro atoms. The van der Waals surface area contributed by atoms with Gasteiger partial charge in [-0.25, -0.2) is 4.79 Å². The first-order valence-electron chi connectivity index (χ1n) is 4.98. The summed E-state index contributed by atoms with van der Waals surface area (Å²) in [6.07, 6.45) is 0. The highest BCUT2D eigenvalue weighted by Crippen LogP contribution is 2.09. The molecule has 1 N–H and O–H groups in total. The van der Waals surface area contributed by atoms with E-state index in [0.717, 1.165) is 0 Å². The predicted molar refractivity (Wildman–Crippen MR) is 56.6 cm³/mol. The number of hydrogen-bond donors (Lipinski definition) is 1. The van der Waals surface area contributed by atoms with E-state index in [9.17, 15) is 9.59 Å². The summed E-state index contributed by atoms with van der Waals surface area (Å²) >= 11 is 0. The summed E-state index contributed by atoms with van der Waals surface area (Å²) in [6.45, 7) is 4.38. The van der Waals surface area contributed by atoms with Crippen LogP contribution in [0.2, 0.25) is 0 Å². The Bertz CT molecular complexity index is 292. The fraction of sp³-hybridized carbons (Fsp3) is 0.778. The average molecular weight is 247 g/mol. The maximum Gasteiger partial charge on any atom is 0.328 e. The lowest BCUT2D eigenvalue weighted by Crippen LogP contribution is -2.39. The van der Waals surface area contributed by atoms with Crippen molar-refractivity contribution in [2.45, 2.75) is 26.8 Å². The molecule has 0 aliphatic carbocycles. The van der Waals surface area contributed by atoms with Crippen LogP contribution >= 0.6 is 0 Å². The molecular formula is C9H17N3O5. The van der Waals surface area contributed by atoms with Crippen molar-refractivity contribution in [2.24, 2.45) is 16.4 Å². The van der Waals surface area contributed by atoms with E-state index < -0.39 is 18.0 Å². The molecule has 0 amide bonds. The van der Waals surface area contributed by atoms with Crippen molar-refractivity contribution in [3.8, 4) is 0 Å². The lowest BCUT2D eigenvalue weighted by molar-refractivity contribution is -0.155. The average Bonchev–Trinajstić information content (AvgIpc) is 2.15. The van der Waals surface area contributed by atoms with Crippen LogP contribution in [0.15, 0.2) is 10.5 Å². The van der Waals surface area contributed by atoms with Crippen LogP contribution in [-0.4, -0.2) is 41.9 Å². The second-order valence-corrected chi connectivity index (χ2v) is 3.65. The van der Waals surface area contributed by atoms with Gasteiger partial charge < -0.3 is 14.7 Å². The molecule has 8 heteroatoms. The third kappa shape index (κ3) is 6.33. The summed E-state index contributed by atoms with van der Waals surface area (Å²) in [5, 5.41) is 16.9. The zero-order chi connectivity index (χ0) is 13.4. The first-order valence-corrected chi connectivity index (χ1v) is 4.98. The number of ether oxygens (including phenoxy) is 1. The number of esters is 1. The smallest absolute Gasteiger partial charge is 0.328 e. The first kappa shape index (κ1) is 15.1. The molecule has 0 heterocycles. The largest absolute Gasteiger partial charge is 0.480 e. The normalized spacial score (nSPS) is 12.5. The van der Waals surface area contributed by atoms with Gasteiger partial charge in [0.1, 0.15) is 6.04 Å². The Balaban J connectivity index is 4.12. The van der Waals surface area contributed by atoms with Crippen LogP contribution in [0.4, 0.5) is 0 Å². The monoisotopic (exact) mass is 247 g/mol. The fourth-order valence-corrected chi connectivity index (χ4v) is 1.15. The lowest BCUT2D eigenvalue weighted by atomic mass is 10.1. The number of carboxylic acids is 1. The number of aliphatic carboxylic acids is 1. The van der Waals surface area contributed by atoms with Crippen LogP contribution in [0.25, 0.3) is 0 Å². The van der Waals surface area contributed by atoms with Gasteiger partial charge in [0.15, 0.2) is 0 Å². The van der Waals surface area contributed by atoms with Gasteiger partial charge in [0.05, 0.1) is 0 Å². The molecule has 0 bridgehead atoms. The van der Waals surface area contributed by atoms with Crippen molar-refractivity contribution in [3.05, 3.63) is 0 Å². The summed E-state index contributed by atoms with van der Waals surface area (Å²) in [5.74, 6) is -1.63. The minimum Gasteiger partial charge on any atom is -0.480 e. The third-order valence-electron chi connectivity index (χ3n) is 1.84. The van der Waals surface area contributed by atoms with Gasteiger partial charge in [0.2, 0.25) is 0 Å². The van der Waals surface area contributed by atoms with Crippen LogP contribution < -0.4 is 0 Å². The number of carbonyl (C=O) groups excluding carboxylic acids is 1. The zero-order valence-corrected chi connectivity index (χ0v) is 10.3. The van der Waals surface area contributed by atoms with Crippen molar-refractivity contribution in [2.75, 3.05) is 13.8 Å². The molecule has 98 valence electrons. The van der Waals surface area contributed by atoms with Gasteiger partial charge >= 0.3 is 11.9 Å². The molecule has 8 nitrogen and oxygen atoms in total. The second kappa shape index (κ2) is 7.42. The van der Waals surface area contributed by atoms with Crippen LogP contribution in [-0.2, 0) is 19.2 Å². The zero-order valence-electron chi connectivity index (χ0n) is 10.3. The maximum atomic E-state index is 10.9. The van der Waals surface area contributed by atoms with Crippen molar-refractivity contribution in [3.63, 3.8) is 0 Å². The molecule has 0 radical (unpaired) electrons. The molecule has 0 unspecified atom stereocenters. The maximum absolute atomic E-state index is 10.9. The minimum absolute atomic E-state index is 0.134. The van der Waals surface area contributed by atoms with Gasteiger partial charge in [-0.3, -0.25) is 9.80 Å². The van der Waals surface area contributed by atoms with Crippen LogP contribution in [0, 0.1) is 5.92 Å². The summed E-state index contributed by atoms with van der Waals surface area (Å²) in [6, 6.07) is -0.795. The van der Waals surface area contributed by atoms with E-state index in [4.69, 9.17) is 5.11 Å². The number of rotatable bonds is 7. The number of carboxylic acid groups (broad SMARTS) is 1. The minimum atomic E-state index is -0.999. The Labute approximate surface area is 99.1 Å². The van der Waals surface area contributed by atoms with Gasteiger partial charge in [-0.15, -0.1) is 0 Å². The highest BCUT2D eigenvalue weighted by Gasteiger charge is 2.25. The highest BCUT2D eigenvalue weighted by molar-refractivity contribution is 5.73. The van der Waals surface area contributed by atoms with E-state index in [-0.39, 0.29) is 12.7 Å². The fourth-order valence-electron chi connectivity index (χ4n) is 1.15. The Morgan fingerprint density at radius 2 is 2.00 bits per heavy atom. The molecule has 0 aromatic heterocycles. The number of hydrogen-bond acceptors (Lipinski definition) is 6. The SMILES string of the molecule is CC(=O)OCO/N=N\N(C)[C@H](C(=O)O)C(C)C. The van der Waals surface area contributed by atoms with Crippen molar-refractivity contribution in [1.29, 1.82) is 0 Å². The number of nitrogens with zero attached hydrogens (tertiary/aromatic N) is 3. The molecule has 0 saturated heterocycles. The molecule has 17 heavy (non-hydrogen) atoms. The molecule has 0 fully saturated rings. The Kier molecular flexibility index (Phi) is 6.61. The molecule has 0 aromatic rings. The van der Waals surface area contributed by atoms with Crippen molar-refractivity contribution < 1.29 is 24.3 Å². The molecule has 0 saturated carbocycles. The summed E-state index contributed by atoms with van der Waals surface area (Å²) < 4.78 is 4.43.